The Bertz CT molecular complexity index is 154. The number of nitrogens with zero attached hydrogens (tertiary/aromatic N) is 1. The summed E-state index contributed by atoms with van der Waals surface area (Å²) in [5.74, 6) is 0. The summed E-state index contributed by atoms with van der Waals surface area (Å²) in [4.78, 5) is 1.61. The molecular weight excluding hydrogens is 186 g/mol. The van der Waals surface area contributed by atoms with E-state index in [-0.39, 0.29) is 6.61 Å². The fourth-order valence-corrected chi connectivity index (χ4v) is 1.27. The molecule has 86 valence electrons. The van der Waals surface area contributed by atoms with Gasteiger partial charge in [-0.15, -0.1) is 0 Å². The van der Waals surface area contributed by atoms with E-state index in [0.717, 1.165) is 0 Å². The van der Waals surface area contributed by atoms with Crippen molar-refractivity contribution in [1.82, 2.24) is 4.90 Å². The highest BCUT2D eigenvalue weighted by atomic mass is 16.4. The van der Waals surface area contributed by atoms with Gasteiger partial charge in [0.2, 0.25) is 0 Å². The predicted octanol–water partition coefficient (Wildman–Crippen LogP) is -1.60. The van der Waals surface area contributed by atoms with Crippen molar-refractivity contribution in [1.29, 1.82) is 0 Å². The molecule has 5 nitrogen and oxygen atoms in total. The molecule has 0 aliphatic carbocycles. The van der Waals surface area contributed by atoms with Crippen LogP contribution in [0.2, 0.25) is 0 Å². The molecule has 5 heteroatoms. The molecule has 0 aromatic heterocycles. The van der Waals surface area contributed by atoms with Gasteiger partial charge in [-0.3, -0.25) is 0 Å². The van der Waals surface area contributed by atoms with E-state index in [9.17, 15) is 15.3 Å². The van der Waals surface area contributed by atoms with Crippen LogP contribution in [0.3, 0.4) is 0 Å². The Hall–Kier alpha value is -0.200. The molecule has 0 spiro atoms. The van der Waals surface area contributed by atoms with Gasteiger partial charge in [-0.25, -0.2) is 0 Å². The lowest BCUT2D eigenvalue weighted by molar-refractivity contribution is -0.0934. The van der Waals surface area contributed by atoms with Gasteiger partial charge in [0.05, 0.1) is 18.8 Å². The monoisotopic (exact) mass is 207 g/mol. The highest BCUT2D eigenvalue weighted by molar-refractivity contribution is 4.84. The minimum absolute atomic E-state index is 0.262. The van der Waals surface area contributed by atoms with Crippen LogP contribution in [0.1, 0.15) is 13.3 Å². The zero-order valence-electron chi connectivity index (χ0n) is 8.96. The van der Waals surface area contributed by atoms with Crippen LogP contribution in [-0.4, -0.2) is 70.4 Å². The van der Waals surface area contributed by atoms with Crippen molar-refractivity contribution >= 4 is 0 Å². The Morgan fingerprint density at radius 1 is 1.07 bits per heavy atom. The summed E-state index contributed by atoms with van der Waals surface area (Å²) < 4.78 is 0. The first-order valence-electron chi connectivity index (χ1n) is 4.77. The van der Waals surface area contributed by atoms with Crippen LogP contribution < -0.4 is 0 Å². The van der Waals surface area contributed by atoms with Crippen molar-refractivity contribution in [3.63, 3.8) is 0 Å². The summed E-state index contributed by atoms with van der Waals surface area (Å²) in [6.45, 7) is 1.45. The lowest BCUT2D eigenvalue weighted by Crippen LogP contribution is -2.51. The summed E-state index contributed by atoms with van der Waals surface area (Å²) in [6.07, 6.45) is -2.97. The molecule has 0 rings (SSSR count). The van der Waals surface area contributed by atoms with Crippen LogP contribution in [0.15, 0.2) is 0 Å². The lowest BCUT2D eigenvalue weighted by Gasteiger charge is -2.32. The van der Waals surface area contributed by atoms with E-state index in [1.165, 1.54) is 0 Å². The molecule has 0 aromatic carbocycles. The minimum atomic E-state index is -1.22. The molecule has 4 N–H and O–H groups in total. The molecule has 14 heavy (non-hydrogen) atoms. The van der Waals surface area contributed by atoms with Crippen LogP contribution in [0.5, 0.6) is 0 Å². The largest absolute Gasteiger partial charge is 0.395 e. The standard InChI is InChI=1S/C9H21NO4/c1-4-7(12)9(14)8(13)6(5-11)10(2)3/h6-9,11-14H,4-5H2,1-3H3/t6-,7+,8+,9-/m1/s1. The number of hydrogen-bond donors (Lipinski definition) is 4. The average Bonchev–Trinajstić information content (AvgIpc) is 2.15. The minimum Gasteiger partial charge on any atom is -0.395 e. The van der Waals surface area contributed by atoms with Gasteiger partial charge < -0.3 is 25.3 Å². The molecule has 0 unspecified atom stereocenters. The smallest absolute Gasteiger partial charge is 0.107 e. The summed E-state index contributed by atoms with van der Waals surface area (Å²) in [5.41, 5.74) is 0. The summed E-state index contributed by atoms with van der Waals surface area (Å²) in [7, 11) is 3.38. The average molecular weight is 207 g/mol. The van der Waals surface area contributed by atoms with Crippen molar-refractivity contribution in [2.24, 2.45) is 0 Å². The number of hydrogen-bond acceptors (Lipinski definition) is 5. The predicted molar refractivity (Wildman–Crippen MR) is 52.9 cm³/mol. The van der Waals surface area contributed by atoms with Crippen LogP contribution in [0.25, 0.3) is 0 Å². The second-order valence-corrected chi connectivity index (χ2v) is 3.67. The first kappa shape index (κ1) is 13.8. The van der Waals surface area contributed by atoms with Gasteiger partial charge in [-0.05, 0) is 20.5 Å². The Labute approximate surface area is 84.6 Å². The topological polar surface area (TPSA) is 84.2 Å². The number of aliphatic hydroxyl groups excluding tert-OH is 4. The molecule has 0 bridgehead atoms. The number of likely N-dealkylation sites (N-methyl/N-ethyl adjacent to an activating group) is 1. The van der Waals surface area contributed by atoms with Crippen LogP contribution >= 0.6 is 0 Å². The normalized spacial score (nSPS) is 20.6. The van der Waals surface area contributed by atoms with E-state index in [1.54, 1.807) is 25.9 Å². The van der Waals surface area contributed by atoms with Gasteiger partial charge in [0, 0.05) is 0 Å². The van der Waals surface area contributed by atoms with E-state index in [4.69, 9.17) is 5.11 Å². The maximum Gasteiger partial charge on any atom is 0.107 e. The van der Waals surface area contributed by atoms with Crippen molar-refractivity contribution < 1.29 is 20.4 Å². The molecular formula is C9H21NO4. The molecule has 0 heterocycles. The van der Waals surface area contributed by atoms with Crippen LogP contribution in [0, 0.1) is 0 Å². The Kier molecular flexibility index (Phi) is 6.22. The summed E-state index contributed by atoms with van der Waals surface area (Å²) in [6, 6.07) is -0.564. The zero-order chi connectivity index (χ0) is 11.3. The van der Waals surface area contributed by atoms with Gasteiger partial charge in [0.15, 0.2) is 0 Å². The fraction of sp³-hybridized carbons (Fsp3) is 1.00. The maximum atomic E-state index is 9.64. The van der Waals surface area contributed by atoms with Crippen molar-refractivity contribution in [2.75, 3.05) is 20.7 Å². The lowest BCUT2D eigenvalue weighted by atomic mass is 9.99. The third kappa shape index (κ3) is 3.51. The zero-order valence-corrected chi connectivity index (χ0v) is 8.96. The molecule has 0 aromatic rings. The number of aliphatic hydroxyl groups is 4. The second kappa shape index (κ2) is 6.31. The van der Waals surface area contributed by atoms with E-state index >= 15 is 0 Å². The Balaban J connectivity index is 4.33. The van der Waals surface area contributed by atoms with Gasteiger partial charge in [-0.1, -0.05) is 6.92 Å². The van der Waals surface area contributed by atoms with Gasteiger partial charge >= 0.3 is 0 Å². The van der Waals surface area contributed by atoms with E-state index in [0.29, 0.717) is 6.42 Å². The molecule has 0 fully saturated rings. The third-order valence-corrected chi connectivity index (χ3v) is 2.41. The molecule has 0 aliphatic rings. The van der Waals surface area contributed by atoms with Crippen molar-refractivity contribution in [2.45, 2.75) is 37.7 Å². The van der Waals surface area contributed by atoms with Crippen LogP contribution in [0.4, 0.5) is 0 Å². The van der Waals surface area contributed by atoms with Gasteiger partial charge in [0.1, 0.15) is 12.2 Å². The Morgan fingerprint density at radius 3 is 1.86 bits per heavy atom. The fourth-order valence-electron chi connectivity index (χ4n) is 1.27. The van der Waals surface area contributed by atoms with E-state index in [2.05, 4.69) is 0 Å². The quantitative estimate of drug-likeness (QED) is 0.422. The van der Waals surface area contributed by atoms with Crippen molar-refractivity contribution in [3.05, 3.63) is 0 Å². The second-order valence-electron chi connectivity index (χ2n) is 3.67. The number of rotatable bonds is 6. The molecule has 0 aliphatic heterocycles. The molecule has 0 amide bonds. The van der Waals surface area contributed by atoms with Gasteiger partial charge in [0.25, 0.3) is 0 Å². The highest BCUT2D eigenvalue weighted by Crippen LogP contribution is 2.10. The van der Waals surface area contributed by atoms with E-state index < -0.39 is 24.4 Å². The van der Waals surface area contributed by atoms with Crippen molar-refractivity contribution in [3.8, 4) is 0 Å². The summed E-state index contributed by atoms with van der Waals surface area (Å²) >= 11 is 0. The Morgan fingerprint density at radius 2 is 1.57 bits per heavy atom. The SMILES string of the molecule is CC[C@H](O)[C@@H](O)[C@@H](O)[C@@H](CO)N(C)C. The summed E-state index contributed by atoms with van der Waals surface area (Å²) in [5, 5.41) is 37.4. The molecule has 0 radical (unpaired) electrons. The molecule has 4 atom stereocenters. The first-order valence-corrected chi connectivity index (χ1v) is 4.77. The molecule has 0 saturated carbocycles. The van der Waals surface area contributed by atoms with Gasteiger partial charge in [-0.2, -0.15) is 0 Å². The van der Waals surface area contributed by atoms with Crippen LogP contribution in [-0.2, 0) is 0 Å². The molecule has 0 saturated heterocycles. The maximum absolute atomic E-state index is 9.64. The highest BCUT2D eigenvalue weighted by Gasteiger charge is 2.31. The van der Waals surface area contributed by atoms with E-state index in [1.807, 2.05) is 0 Å². The first-order chi connectivity index (χ1) is 6.45. The third-order valence-electron chi connectivity index (χ3n) is 2.41.